The molecule has 0 unspecified atom stereocenters. The van der Waals surface area contributed by atoms with Crippen LogP contribution in [0.15, 0.2) is 29.3 Å². The summed E-state index contributed by atoms with van der Waals surface area (Å²) in [6.07, 6.45) is 1.97. The molecule has 0 aliphatic carbocycles. The number of benzene rings is 1. The van der Waals surface area contributed by atoms with E-state index in [2.05, 4.69) is 43.1 Å². The van der Waals surface area contributed by atoms with Crippen LogP contribution < -0.4 is 0 Å². The predicted molar refractivity (Wildman–Crippen MR) is 59.2 cm³/mol. The van der Waals surface area contributed by atoms with Crippen LogP contribution in [-0.4, -0.2) is 12.8 Å². The van der Waals surface area contributed by atoms with E-state index < -0.39 is 0 Å². The summed E-state index contributed by atoms with van der Waals surface area (Å²) in [5.74, 6) is 0. The highest BCUT2D eigenvalue weighted by molar-refractivity contribution is 5.85. The Kier molecular flexibility index (Phi) is 2.77. The average molecular weight is 196 g/mol. The molecule has 0 bridgehead atoms. The Morgan fingerprint density at radius 2 is 1.92 bits per heavy atom. The van der Waals surface area contributed by atoms with Gasteiger partial charge in [0.25, 0.3) is 0 Å². The molecule has 13 heavy (non-hydrogen) atoms. The van der Waals surface area contributed by atoms with Crippen molar-refractivity contribution in [2.24, 2.45) is 4.99 Å². The summed E-state index contributed by atoms with van der Waals surface area (Å²) >= 11 is 0. The van der Waals surface area contributed by atoms with Gasteiger partial charge >= 0.3 is 0 Å². The number of aliphatic imine (C=N–C) groups is 1. The first-order chi connectivity index (χ1) is 5.70. The molecule has 0 aromatic heterocycles. The van der Waals surface area contributed by atoms with Gasteiger partial charge in [-0.1, -0.05) is 38.1 Å². The van der Waals surface area contributed by atoms with E-state index in [-0.39, 0.29) is 17.8 Å². The fraction of sp³-hybridized carbons (Fsp3) is 0.364. The lowest BCUT2D eigenvalue weighted by atomic mass is 9.80. The third-order valence-electron chi connectivity index (χ3n) is 2.41. The van der Waals surface area contributed by atoms with Gasteiger partial charge in [0.1, 0.15) is 0 Å². The molecule has 70 valence electrons. The van der Waals surface area contributed by atoms with Gasteiger partial charge in [-0.3, -0.25) is 4.99 Å². The zero-order valence-electron chi connectivity index (χ0n) is 7.95. The zero-order chi connectivity index (χ0) is 8.60. The molecule has 0 spiro atoms. The van der Waals surface area contributed by atoms with Gasteiger partial charge in [0.05, 0.1) is 0 Å². The van der Waals surface area contributed by atoms with Gasteiger partial charge in [-0.05, 0) is 11.1 Å². The van der Waals surface area contributed by atoms with Gasteiger partial charge < -0.3 is 0 Å². The molecule has 1 aliphatic rings. The van der Waals surface area contributed by atoms with Crippen molar-refractivity contribution >= 4 is 18.6 Å². The molecule has 0 saturated carbocycles. The second-order valence-corrected chi connectivity index (χ2v) is 3.94. The van der Waals surface area contributed by atoms with Crippen molar-refractivity contribution in [3.8, 4) is 0 Å². The molecule has 1 aromatic carbocycles. The second-order valence-electron chi connectivity index (χ2n) is 3.94. The molecule has 0 fully saturated rings. The topological polar surface area (TPSA) is 12.4 Å². The van der Waals surface area contributed by atoms with Crippen LogP contribution in [0.25, 0.3) is 0 Å². The highest BCUT2D eigenvalue weighted by atomic mass is 35.5. The van der Waals surface area contributed by atoms with Crippen molar-refractivity contribution in [2.75, 3.05) is 6.54 Å². The van der Waals surface area contributed by atoms with Gasteiger partial charge in [-0.2, -0.15) is 0 Å². The molecule has 0 radical (unpaired) electrons. The Labute approximate surface area is 85.3 Å². The molecule has 1 aliphatic heterocycles. The molecule has 1 aromatic rings. The van der Waals surface area contributed by atoms with Crippen LogP contribution in [-0.2, 0) is 5.41 Å². The Morgan fingerprint density at radius 1 is 1.23 bits per heavy atom. The monoisotopic (exact) mass is 195 g/mol. The molecule has 1 nitrogen and oxygen atoms in total. The van der Waals surface area contributed by atoms with E-state index in [4.69, 9.17) is 0 Å². The Bertz CT molecular complexity index is 329. The largest absolute Gasteiger partial charge is 0.292 e. The molecule has 1 heterocycles. The number of hydrogen-bond donors (Lipinski definition) is 0. The lowest BCUT2D eigenvalue weighted by molar-refractivity contribution is 0.534. The minimum absolute atomic E-state index is 0. The number of rotatable bonds is 0. The van der Waals surface area contributed by atoms with Crippen molar-refractivity contribution in [3.05, 3.63) is 35.4 Å². The lowest BCUT2D eigenvalue weighted by Crippen LogP contribution is -2.26. The first-order valence-corrected chi connectivity index (χ1v) is 4.29. The third kappa shape index (κ3) is 1.75. The van der Waals surface area contributed by atoms with Crippen molar-refractivity contribution < 1.29 is 0 Å². The van der Waals surface area contributed by atoms with E-state index in [1.807, 2.05) is 6.21 Å². The molecule has 2 rings (SSSR count). The summed E-state index contributed by atoms with van der Waals surface area (Å²) in [5.41, 5.74) is 2.90. The van der Waals surface area contributed by atoms with Crippen LogP contribution in [0, 0.1) is 0 Å². The van der Waals surface area contributed by atoms with Crippen molar-refractivity contribution in [2.45, 2.75) is 19.3 Å². The fourth-order valence-electron chi connectivity index (χ4n) is 1.68. The first-order valence-electron chi connectivity index (χ1n) is 4.29. The van der Waals surface area contributed by atoms with E-state index in [0.717, 1.165) is 6.54 Å². The maximum atomic E-state index is 4.35. The normalized spacial score (nSPS) is 17.4. The van der Waals surface area contributed by atoms with Crippen LogP contribution in [0.1, 0.15) is 25.0 Å². The molecule has 0 atom stereocenters. The number of halogens is 1. The predicted octanol–water partition coefficient (Wildman–Crippen LogP) is 2.82. The summed E-state index contributed by atoms with van der Waals surface area (Å²) < 4.78 is 0. The minimum Gasteiger partial charge on any atom is -0.292 e. The lowest BCUT2D eigenvalue weighted by Gasteiger charge is -2.27. The number of fused-ring (bicyclic) bond motifs is 1. The second kappa shape index (κ2) is 3.51. The van der Waals surface area contributed by atoms with Crippen LogP contribution >= 0.6 is 12.4 Å². The maximum absolute atomic E-state index is 4.35. The summed E-state index contributed by atoms with van der Waals surface area (Å²) in [6.45, 7) is 5.38. The number of hydrogen-bond acceptors (Lipinski definition) is 1. The van der Waals surface area contributed by atoms with Gasteiger partial charge in [-0.15, -0.1) is 12.4 Å². The summed E-state index contributed by atoms with van der Waals surface area (Å²) in [4.78, 5) is 4.35. The van der Waals surface area contributed by atoms with E-state index in [1.54, 1.807) is 0 Å². The van der Waals surface area contributed by atoms with Gasteiger partial charge in [-0.25, -0.2) is 0 Å². The van der Waals surface area contributed by atoms with Crippen LogP contribution in [0.5, 0.6) is 0 Å². The zero-order valence-corrected chi connectivity index (χ0v) is 8.77. The highest BCUT2D eigenvalue weighted by Crippen LogP contribution is 2.28. The van der Waals surface area contributed by atoms with E-state index in [1.165, 1.54) is 11.1 Å². The van der Waals surface area contributed by atoms with Gasteiger partial charge in [0.2, 0.25) is 0 Å². The molecule has 2 heteroatoms. The third-order valence-corrected chi connectivity index (χ3v) is 2.41. The Balaban J connectivity index is 0.000000845. The van der Waals surface area contributed by atoms with Crippen molar-refractivity contribution in [3.63, 3.8) is 0 Å². The van der Waals surface area contributed by atoms with E-state index in [0.29, 0.717) is 0 Å². The Morgan fingerprint density at radius 3 is 2.62 bits per heavy atom. The quantitative estimate of drug-likeness (QED) is 0.604. The van der Waals surface area contributed by atoms with Crippen molar-refractivity contribution in [1.29, 1.82) is 0 Å². The van der Waals surface area contributed by atoms with E-state index >= 15 is 0 Å². The maximum Gasteiger partial charge on any atom is 0.0481 e. The average Bonchev–Trinajstić information content (AvgIpc) is 2.04. The minimum atomic E-state index is 0. The summed E-state index contributed by atoms with van der Waals surface area (Å²) in [5, 5.41) is 0. The van der Waals surface area contributed by atoms with Crippen LogP contribution in [0.2, 0.25) is 0 Å². The summed E-state index contributed by atoms with van der Waals surface area (Å²) in [7, 11) is 0. The molecular formula is C11H14ClN. The molecule has 0 saturated heterocycles. The van der Waals surface area contributed by atoms with Gasteiger partial charge in [0, 0.05) is 18.2 Å². The van der Waals surface area contributed by atoms with Gasteiger partial charge in [0.15, 0.2) is 0 Å². The molecular weight excluding hydrogens is 182 g/mol. The summed E-state index contributed by atoms with van der Waals surface area (Å²) in [6, 6.07) is 8.48. The van der Waals surface area contributed by atoms with Crippen LogP contribution in [0.3, 0.4) is 0 Å². The first kappa shape index (κ1) is 10.3. The molecule has 0 amide bonds. The standard InChI is InChI=1S/C11H13N.ClH/c1-11(2)8-12-7-9-5-3-4-6-10(9)11;/h3-7H,8H2,1-2H3;1H. The number of nitrogens with zero attached hydrogens (tertiary/aromatic N) is 1. The van der Waals surface area contributed by atoms with Crippen molar-refractivity contribution in [1.82, 2.24) is 0 Å². The highest BCUT2D eigenvalue weighted by Gasteiger charge is 2.24. The van der Waals surface area contributed by atoms with E-state index in [9.17, 15) is 0 Å². The fourth-order valence-corrected chi connectivity index (χ4v) is 1.68. The molecule has 0 N–H and O–H groups in total. The SMILES string of the molecule is CC1(C)CN=Cc2ccccc21.Cl. The smallest absolute Gasteiger partial charge is 0.0481 e. The Hall–Kier alpha value is -0.820. The van der Waals surface area contributed by atoms with Crippen LogP contribution in [0.4, 0.5) is 0 Å².